The number of thiol groups is 1. The molecule has 1 unspecified atom stereocenters. The summed E-state index contributed by atoms with van der Waals surface area (Å²) in [6.07, 6.45) is 3.66. The molecule has 4 heteroatoms. The molecule has 76 valence electrons. The van der Waals surface area contributed by atoms with E-state index in [1.165, 1.54) is 0 Å². The van der Waals surface area contributed by atoms with Gasteiger partial charge in [0.25, 0.3) is 0 Å². The van der Waals surface area contributed by atoms with Crippen molar-refractivity contribution in [3.63, 3.8) is 0 Å². The lowest BCUT2D eigenvalue weighted by molar-refractivity contribution is 0.335. The molecule has 0 radical (unpaired) electrons. The fourth-order valence-electron chi connectivity index (χ4n) is 1.30. The lowest BCUT2D eigenvalue weighted by Gasteiger charge is -2.08. The van der Waals surface area contributed by atoms with Crippen molar-refractivity contribution in [2.75, 3.05) is 6.61 Å². The molecule has 3 nitrogen and oxygen atoms in total. The summed E-state index contributed by atoms with van der Waals surface area (Å²) in [5.74, 6) is 0. The van der Waals surface area contributed by atoms with Crippen molar-refractivity contribution < 1.29 is 5.11 Å². The summed E-state index contributed by atoms with van der Waals surface area (Å²) in [6.45, 7) is 0.0824. The normalized spacial score (nSPS) is 21.1. The maximum absolute atomic E-state index is 8.95. The van der Waals surface area contributed by atoms with Crippen LogP contribution in [0.2, 0.25) is 0 Å². The highest BCUT2D eigenvalue weighted by atomic mass is 32.2. The van der Waals surface area contributed by atoms with E-state index >= 15 is 0 Å². The Bertz CT molecular complexity index is 456. The SMILES string of the molecule is N#Cc1ccc([SH]2C=CC(CO)=C2)cn1. The number of aliphatic hydroxyl groups is 1. The van der Waals surface area contributed by atoms with Crippen molar-refractivity contribution in [2.24, 2.45) is 0 Å². The summed E-state index contributed by atoms with van der Waals surface area (Å²) in [5, 5.41) is 21.7. The molecule has 15 heavy (non-hydrogen) atoms. The van der Waals surface area contributed by atoms with Crippen molar-refractivity contribution in [3.05, 3.63) is 46.5 Å². The molecule has 0 aliphatic carbocycles. The fourth-order valence-corrected chi connectivity index (χ4v) is 3.02. The molecular formula is C11H10N2OS. The summed E-state index contributed by atoms with van der Waals surface area (Å²) in [4.78, 5) is 5.12. The zero-order valence-electron chi connectivity index (χ0n) is 7.96. The lowest BCUT2D eigenvalue weighted by atomic mass is 10.3. The van der Waals surface area contributed by atoms with Gasteiger partial charge in [0.15, 0.2) is 0 Å². The highest BCUT2D eigenvalue weighted by Crippen LogP contribution is 2.43. The Labute approximate surface area is 90.7 Å². The van der Waals surface area contributed by atoms with E-state index in [1.54, 1.807) is 12.3 Å². The van der Waals surface area contributed by atoms with Gasteiger partial charge >= 0.3 is 0 Å². The number of hydrogen-bond donors (Lipinski definition) is 2. The standard InChI is InChI=1S/C11H10N2OS/c12-5-10-1-2-11(6-13-10)15-4-3-9(7-14)8-15/h1-4,6,8,14-15H,7H2. The topological polar surface area (TPSA) is 56.9 Å². The molecule has 0 aromatic carbocycles. The monoisotopic (exact) mass is 218 g/mol. The zero-order chi connectivity index (χ0) is 10.7. The molecule has 2 rings (SSSR count). The Morgan fingerprint density at radius 1 is 1.47 bits per heavy atom. The third-order valence-corrected chi connectivity index (χ3v) is 4.04. The van der Waals surface area contributed by atoms with Gasteiger partial charge in [-0.25, -0.2) is 4.98 Å². The Morgan fingerprint density at radius 2 is 2.33 bits per heavy atom. The fraction of sp³-hybridized carbons (Fsp3) is 0.0909. The van der Waals surface area contributed by atoms with Crippen LogP contribution in [0, 0.1) is 11.3 Å². The predicted octanol–water partition coefficient (Wildman–Crippen LogP) is 1.72. The molecule has 1 aromatic rings. The van der Waals surface area contributed by atoms with Crippen LogP contribution >= 0.6 is 10.9 Å². The Kier molecular flexibility index (Phi) is 2.86. The van der Waals surface area contributed by atoms with E-state index in [0.717, 1.165) is 10.5 Å². The average Bonchev–Trinajstić information content (AvgIpc) is 2.78. The predicted molar refractivity (Wildman–Crippen MR) is 60.5 cm³/mol. The minimum absolute atomic E-state index is 0.0824. The maximum Gasteiger partial charge on any atom is 0.140 e. The van der Waals surface area contributed by atoms with Crippen LogP contribution in [0.1, 0.15) is 5.69 Å². The zero-order valence-corrected chi connectivity index (χ0v) is 8.85. The van der Waals surface area contributed by atoms with Gasteiger partial charge in [-0.2, -0.15) is 16.2 Å². The van der Waals surface area contributed by atoms with E-state index in [9.17, 15) is 0 Å². The largest absolute Gasteiger partial charge is 0.392 e. The van der Waals surface area contributed by atoms with Gasteiger partial charge in [0.1, 0.15) is 11.8 Å². The molecule has 2 heterocycles. The second kappa shape index (κ2) is 4.30. The number of nitrogens with zero attached hydrogens (tertiary/aromatic N) is 2. The van der Waals surface area contributed by atoms with Gasteiger partial charge in [-0.3, -0.25) is 0 Å². The van der Waals surface area contributed by atoms with Gasteiger partial charge in [-0.05, 0) is 28.5 Å². The minimum atomic E-state index is -0.477. The maximum atomic E-state index is 8.95. The van der Waals surface area contributed by atoms with Gasteiger partial charge in [0, 0.05) is 11.1 Å². The first-order chi connectivity index (χ1) is 7.33. The number of rotatable bonds is 2. The molecule has 0 spiro atoms. The summed E-state index contributed by atoms with van der Waals surface area (Å²) in [5.41, 5.74) is 1.38. The van der Waals surface area contributed by atoms with Crippen LogP contribution in [0.25, 0.3) is 0 Å². The Hall–Kier alpha value is -1.57. The lowest BCUT2D eigenvalue weighted by Crippen LogP contribution is -1.83. The number of aromatic nitrogens is 1. The van der Waals surface area contributed by atoms with E-state index in [-0.39, 0.29) is 6.61 Å². The summed E-state index contributed by atoms with van der Waals surface area (Å²) >= 11 is 0. The molecule has 1 aromatic heterocycles. The van der Waals surface area contributed by atoms with E-state index in [4.69, 9.17) is 10.4 Å². The van der Waals surface area contributed by atoms with Crippen molar-refractivity contribution >= 4 is 10.9 Å². The summed E-state index contributed by atoms with van der Waals surface area (Å²) in [7, 11) is -0.477. The number of aliphatic hydroxyl groups excluding tert-OH is 1. The second-order valence-electron chi connectivity index (χ2n) is 3.10. The van der Waals surface area contributed by atoms with Crippen molar-refractivity contribution in [2.45, 2.75) is 4.90 Å². The number of hydrogen-bond acceptors (Lipinski definition) is 3. The third kappa shape index (κ3) is 2.09. The van der Waals surface area contributed by atoms with E-state index in [0.29, 0.717) is 5.69 Å². The third-order valence-electron chi connectivity index (χ3n) is 2.10. The molecule has 1 N–H and O–H groups in total. The van der Waals surface area contributed by atoms with Gasteiger partial charge in [0.05, 0.1) is 6.61 Å². The average molecular weight is 218 g/mol. The van der Waals surface area contributed by atoms with Crippen molar-refractivity contribution in [3.8, 4) is 6.07 Å². The minimum Gasteiger partial charge on any atom is -0.392 e. The van der Waals surface area contributed by atoms with E-state index < -0.39 is 10.9 Å². The first-order valence-electron chi connectivity index (χ1n) is 4.48. The molecule has 0 bridgehead atoms. The molecular weight excluding hydrogens is 208 g/mol. The first kappa shape index (κ1) is 9.97. The van der Waals surface area contributed by atoms with Crippen LogP contribution in [0.5, 0.6) is 0 Å². The van der Waals surface area contributed by atoms with Crippen LogP contribution in [-0.2, 0) is 0 Å². The molecule has 0 saturated heterocycles. The van der Waals surface area contributed by atoms with Gasteiger partial charge in [0.2, 0.25) is 0 Å². The van der Waals surface area contributed by atoms with Crippen molar-refractivity contribution in [1.29, 1.82) is 5.26 Å². The van der Waals surface area contributed by atoms with Crippen LogP contribution in [-0.4, -0.2) is 16.7 Å². The van der Waals surface area contributed by atoms with Gasteiger partial charge in [-0.1, -0.05) is 6.08 Å². The van der Waals surface area contributed by atoms with Crippen LogP contribution < -0.4 is 0 Å². The second-order valence-corrected chi connectivity index (χ2v) is 4.99. The summed E-state index contributed by atoms with van der Waals surface area (Å²) < 4.78 is 0. The first-order valence-corrected chi connectivity index (χ1v) is 5.96. The highest BCUT2D eigenvalue weighted by molar-refractivity contribution is 8.22. The highest BCUT2D eigenvalue weighted by Gasteiger charge is 2.07. The Morgan fingerprint density at radius 3 is 2.87 bits per heavy atom. The number of nitriles is 1. The molecule has 0 amide bonds. The Balaban J connectivity index is 2.22. The molecule has 0 saturated carbocycles. The molecule has 0 fully saturated rings. The van der Waals surface area contributed by atoms with Crippen molar-refractivity contribution in [1.82, 2.24) is 4.98 Å². The number of pyridine rings is 1. The van der Waals surface area contributed by atoms with E-state index in [2.05, 4.69) is 15.8 Å². The van der Waals surface area contributed by atoms with Gasteiger partial charge < -0.3 is 5.11 Å². The van der Waals surface area contributed by atoms with Gasteiger partial charge in [-0.15, -0.1) is 0 Å². The molecule has 1 aliphatic heterocycles. The van der Waals surface area contributed by atoms with E-state index in [1.807, 2.05) is 18.2 Å². The van der Waals surface area contributed by atoms with Crippen LogP contribution in [0.15, 0.2) is 45.7 Å². The summed E-state index contributed by atoms with van der Waals surface area (Å²) in [6, 6.07) is 5.62. The van der Waals surface area contributed by atoms with Crippen LogP contribution in [0.3, 0.4) is 0 Å². The van der Waals surface area contributed by atoms with Crippen LogP contribution in [0.4, 0.5) is 0 Å². The molecule has 1 atom stereocenters. The molecule has 1 aliphatic rings. The smallest absolute Gasteiger partial charge is 0.140 e. The quantitative estimate of drug-likeness (QED) is 0.743.